The molecule has 0 radical (unpaired) electrons. The van der Waals surface area contributed by atoms with Crippen LogP contribution in [-0.2, 0) is 7.05 Å². The minimum absolute atomic E-state index is 0.868. The van der Waals surface area contributed by atoms with Crippen LogP contribution in [0.1, 0.15) is 44.4 Å². The van der Waals surface area contributed by atoms with Crippen LogP contribution in [0.25, 0.3) is 29.0 Å². The number of aryl methyl sites for hydroxylation is 1. The van der Waals surface area contributed by atoms with Crippen LogP contribution in [0.15, 0.2) is 67.7 Å². The summed E-state index contributed by atoms with van der Waals surface area (Å²) in [6.07, 6.45) is 14.6. The Morgan fingerprint density at radius 3 is 2.43 bits per heavy atom. The van der Waals surface area contributed by atoms with Gasteiger partial charge in [0.25, 0.3) is 0 Å². The van der Waals surface area contributed by atoms with E-state index in [1.807, 2.05) is 79.4 Å². The second-order valence-corrected chi connectivity index (χ2v) is 6.27. The maximum atomic E-state index is 4.68. The van der Waals surface area contributed by atoms with Crippen LogP contribution in [0.4, 0.5) is 0 Å². The van der Waals surface area contributed by atoms with Crippen molar-refractivity contribution < 1.29 is 0 Å². The summed E-state index contributed by atoms with van der Waals surface area (Å²) in [4.78, 5) is 13.4. The van der Waals surface area contributed by atoms with Crippen molar-refractivity contribution in [3.8, 4) is 11.3 Å². The number of hydrogen-bond acceptors (Lipinski definition) is 3. The third-order valence-electron chi connectivity index (χ3n) is 3.89. The molecule has 3 aromatic heterocycles. The number of hydrogen-bond donors (Lipinski definition) is 0. The lowest BCUT2D eigenvalue weighted by molar-refractivity contribution is 0.898. The monoisotopic (exact) mass is 372 g/mol. The molecule has 0 aliphatic heterocycles. The van der Waals surface area contributed by atoms with Gasteiger partial charge >= 0.3 is 0 Å². The molecule has 0 fully saturated rings. The zero-order valence-corrected chi connectivity index (χ0v) is 17.1. The SMILES string of the molecule is C=C/C(=C\C)c1cn(C)c(/C=C/c2cccc(-c3ccncc3)n2)n1.CCC. The standard InChI is InChI=1S/C21H20N4.C3H8/c1-4-16(5-2)20-15-25(3)21(24-20)10-9-18-7-6-8-19(23-18)17-11-13-22-14-12-17;1-3-2/h4-15H,1H2,2-3H3;3H2,1-2H3/b10-9+,16-5+;. The molecule has 4 nitrogen and oxygen atoms in total. The van der Waals surface area contributed by atoms with Gasteiger partial charge in [0.2, 0.25) is 0 Å². The fourth-order valence-electron chi connectivity index (χ4n) is 2.53. The third-order valence-corrected chi connectivity index (χ3v) is 3.89. The second-order valence-electron chi connectivity index (χ2n) is 6.27. The lowest BCUT2D eigenvalue weighted by Gasteiger charge is -2.01. The van der Waals surface area contributed by atoms with Crippen LogP contribution in [0.3, 0.4) is 0 Å². The number of rotatable bonds is 5. The summed E-state index contributed by atoms with van der Waals surface area (Å²) in [5, 5.41) is 0. The van der Waals surface area contributed by atoms with Gasteiger partial charge in [0.1, 0.15) is 5.82 Å². The lowest BCUT2D eigenvalue weighted by atomic mass is 10.1. The number of aromatic nitrogens is 4. The molecule has 28 heavy (non-hydrogen) atoms. The Bertz CT molecular complexity index is 950. The zero-order valence-electron chi connectivity index (χ0n) is 17.1. The van der Waals surface area contributed by atoms with Gasteiger partial charge in [0.15, 0.2) is 0 Å². The molecule has 0 spiro atoms. The summed E-state index contributed by atoms with van der Waals surface area (Å²) < 4.78 is 1.99. The predicted molar refractivity (Wildman–Crippen MR) is 119 cm³/mol. The van der Waals surface area contributed by atoms with Crippen molar-refractivity contribution in [3.05, 3.63) is 84.9 Å². The summed E-state index contributed by atoms with van der Waals surface area (Å²) in [7, 11) is 1.98. The van der Waals surface area contributed by atoms with E-state index in [0.29, 0.717) is 0 Å². The summed E-state index contributed by atoms with van der Waals surface area (Å²) >= 11 is 0. The van der Waals surface area contributed by atoms with Crippen LogP contribution < -0.4 is 0 Å². The van der Waals surface area contributed by atoms with Crippen molar-refractivity contribution in [1.29, 1.82) is 0 Å². The van der Waals surface area contributed by atoms with E-state index in [1.54, 1.807) is 12.4 Å². The lowest BCUT2D eigenvalue weighted by Crippen LogP contribution is -1.90. The molecule has 0 aromatic carbocycles. The Kier molecular flexibility index (Phi) is 8.10. The van der Waals surface area contributed by atoms with Crippen LogP contribution in [0.5, 0.6) is 0 Å². The van der Waals surface area contributed by atoms with E-state index in [1.165, 1.54) is 6.42 Å². The van der Waals surface area contributed by atoms with Crippen LogP contribution >= 0.6 is 0 Å². The minimum Gasteiger partial charge on any atom is -0.334 e. The second kappa shape index (κ2) is 10.8. The fourth-order valence-corrected chi connectivity index (χ4v) is 2.53. The minimum atomic E-state index is 0.868. The van der Waals surface area contributed by atoms with E-state index in [4.69, 9.17) is 0 Å². The van der Waals surface area contributed by atoms with Gasteiger partial charge in [-0.05, 0) is 48.9 Å². The third kappa shape index (κ3) is 5.61. The smallest absolute Gasteiger partial charge is 0.133 e. The largest absolute Gasteiger partial charge is 0.334 e. The molecule has 0 unspecified atom stereocenters. The van der Waals surface area contributed by atoms with Crippen LogP contribution in [-0.4, -0.2) is 19.5 Å². The summed E-state index contributed by atoms with van der Waals surface area (Å²) in [6.45, 7) is 10.1. The molecule has 3 aromatic rings. The molecule has 0 amide bonds. The van der Waals surface area contributed by atoms with E-state index >= 15 is 0 Å². The molecule has 0 saturated carbocycles. The van der Waals surface area contributed by atoms with E-state index < -0.39 is 0 Å². The molecule has 3 rings (SSSR count). The molecule has 0 aliphatic rings. The first-order valence-corrected chi connectivity index (χ1v) is 9.50. The summed E-state index contributed by atoms with van der Waals surface area (Å²) in [5.41, 5.74) is 4.79. The van der Waals surface area contributed by atoms with Crippen molar-refractivity contribution in [1.82, 2.24) is 19.5 Å². The van der Waals surface area contributed by atoms with E-state index in [-0.39, 0.29) is 0 Å². The number of imidazole rings is 1. The van der Waals surface area contributed by atoms with Gasteiger partial charge in [0, 0.05) is 31.2 Å². The van der Waals surface area contributed by atoms with Gasteiger partial charge in [-0.25, -0.2) is 9.97 Å². The first kappa shape index (κ1) is 21.0. The highest BCUT2D eigenvalue weighted by molar-refractivity contribution is 5.73. The van der Waals surface area contributed by atoms with E-state index in [0.717, 1.165) is 34.0 Å². The molecule has 3 heterocycles. The van der Waals surface area contributed by atoms with Crippen LogP contribution in [0, 0.1) is 0 Å². The maximum absolute atomic E-state index is 4.68. The van der Waals surface area contributed by atoms with E-state index in [2.05, 4.69) is 35.4 Å². The molecule has 4 heteroatoms. The number of allylic oxidation sites excluding steroid dienone is 3. The molecule has 0 atom stereocenters. The average molecular weight is 373 g/mol. The van der Waals surface area contributed by atoms with Gasteiger partial charge in [-0.15, -0.1) is 0 Å². The zero-order chi connectivity index (χ0) is 20.4. The van der Waals surface area contributed by atoms with Crippen molar-refractivity contribution in [2.24, 2.45) is 7.05 Å². The van der Waals surface area contributed by atoms with Crippen molar-refractivity contribution in [2.45, 2.75) is 27.2 Å². The topological polar surface area (TPSA) is 43.6 Å². The van der Waals surface area contributed by atoms with Gasteiger partial charge in [-0.1, -0.05) is 45.1 Å². The first-order chi connectivity index (χ1) is 13.6. The van der Waals surface area contributed by atoms with Gasteiger partial charge in [0.05, 0.1) is 17.1 Å². The number of pyridine rings is 2. The molecule has 0 bridgehead atoms. The van der Waals surface area contributed by atoms with Crippen molar-refractivity contribution >= 4 is 17.7 Å². The van der Waals surface area contributed by atoms with Crippen molar-refractivity contribution in [3.63, 3.8) is 0 Å². The Labute approximate surface area is 168 Å². The Hall–Kier alpha value is -3.27. The normalized spacial score (nSPS) is 11.2. The quantitative estimate of drug-likeness (QED) is 0.512. The fraction of sp³-hybridized carbons (Fsp3) is 0.208. The highest BCUT2D eigenvalue weighted by atomic mass is 15.0. The predicted octanol–water partition coefficient (Wildman–Crippen LogP) is 6.05. The van der Waals surface area contributed by atoms with Gasteiger partial charge in [-0.2, -0.15) is 0 Å². The molecule has 144 valence electrons. The Morgan fingerprint density at radius 1 is 1.07 bits per heavy atom. The summed E-state index contributed by atoms with van der Waals surface area (Å²) in [5.74, 6) is 0.868. The average Bonchev–Trinajstić information content (AvgIpc) is 3.09. The Morgan fingerprint density at radius 2 is 1.79 bits per heavy atom. The molecule has 0 saturated heterocycles. The van der Waals surface area contributed by atoms with Crippen molar-refractivity contribution in [2.75, 3.05) is 0 Å². The molecule has 0 aliphatic carbocycles. The van der Waals surface area contributed by atoms with Gasteiger partial charge in [-0.3, -0.25) is 4.98 Å². The Balaban J connectivity index is 0.000000878. The maximum Gasteiger partial charge on any atom is 0.133 e. The highest BCUT2D eigenvalue weighted by Crippen LogP contribution is 2.18. The summed E-state index contributed by atoms with van der Waals surface area (Å²) in [6, 6.07) is 9.88. The highest BCUT2D eigenvalue weighted by Gasteiger charge is 2.05. The molecular formula is C24H28N4. The van der Waals surface area contributed by atoms with Crippen LogP contribution in [0.2, 0.25) is 0 Å². The van der Waals surface area contributed by atoms with Gasteiger partial charge < -0.3 is 4.57 Å². The molecular weight excluding hydrogens is 344 g/mol. The molecule has 0 N–H and O–H groups in total. The number of nitrogens with zero attached hydrogens (tertiary/aromatic N) is 4. The first-order valence-electron chi connectivity index (χ1n) is 9.50. The van der Waals surface area contributed by atoms with E-state index in [9.17, 15) is 0 Å².